The van der Waals surface area contributed by atoms with Gasteiger partial charge in [0.15, 0.2) is 0 Å². The van der Waals surface area contributed by atoms with E-state index >= 15 is 0 Å². The molecule has 3 rings (SSSR count). The van der Waals surface area contributed by atoms with E-state index in [0.29, 0.717) is 12.8 Å². The Balaban J connectivity index is 1.99. The maximum Gasteiger partial charge on any atom is 0.416 e. The van der Waals surface area contributed by atoms with Gasteiger partial charge in [0.25, 0.3) is 0 Å². The lowest BCUT2D eigenvalue weighted by Crippen LogP contribution is -2.12. The first-order chi connectivity index (χ1) is 10.6. The molecular weight excluding hydrogens is 318 g/mol. The van der Waals surface area contributed by atoms with E-state index in [9.17, 15) is 26.3 Å². The molecule has 0 N–H and O–H groups in total. The highest BCUT2D eigenvalue weighted by Gasteiger charge is 2.39. The van der Waals surface area contributed by atoms with Gasteiger partial charge in [-0.3, -0.25) is 0 Å². The minimum Gasteiger partial charge on any atom is -0.166 e. The minimum absolute atomic E-state index is 0.128. The summed E-state index contributed by atoms with van der Waals surface area (Å²) in [4.78, 5) is 0. The van der Waals surface area contributed by atoms with Crippen LogP contribution in [0.15, 0.2) is 42.5 Å². The van der Waals surface area contributed by atoms with Crippen molar-refractivity contribution in [2.24, 2.45) is 11.8 Å². The Bertz CT molecular complexity index is 598. The van der Waals surface area contributed by atoms with Crippen LogP contribution in [0.5, 0.6) is 0 Å². The number of allylic oxidation sites excluding steroid dienone is 4. The molecule has 0 nitrogen and oxygen atoms in total. The molecule has 0 radical (unpaired) electrons. The van der Waals surface area contributed by atoms with E-state index in [4.69, 9.17) is 0 Å². The Morgan fingerprint density at radius 3 is 1.52 bits per heavy atom. The maximum atomic E-state index is 12.9. The summed E-state index contributed by atoms with van der Waals surface area (Å²) in [5.41, 5.74) is -2.34. The smallest absolute Gasteiger partial charge is 0.166 e. The van der Waals surface area contributed by atoms with Gasteiger partial charge in [-0.25, -0.2) is 0 Å². The lowest BCUT2D eigenvalue weighted by atomic mass is 9.92. The standard InChI is InChI=1S/C17H14F6/c18-16(19,20)14-7-13(8-15(9-14)17(21,22)23)12-5-10-3-1-2-4-11(10)6-12/h1-4,7-12H,5-6H2. The lowest BCUT2D eigenvalue weighted by Gasteiger charge is -2.17. The third kappa shape index (κ3) is 3.31. The van der Waals surface area contributed by atoms with Gasteiger partial charge in [0.2, 0.25) is 0 Å². The summed E-state index contributed by atoms with van der Waals surface area (Å²) < 4.78 is 77.6. The molecule has 0 amide bonds. The summed E-state index contributed by atoms with van der Waals surface area (Å²) >= 11 is 0. The molecule has 0 spiro atoms. The van der Waals surface area contributed by atoms with Crippen molar-refractivity contribution in [3.63, 3.8) is 0 Å². The number of halogens is 6. The largest absolute Gasteiger partial charge is 0.416 e. The zero-order chi connectivity index (χ0) is 16.8. The average molecular weight is 332 g/mol. The number of alkyl halides is 6. The molecule has 1 aromatic rings. The second-order valence-corrected chi connectivity index (χ2v) is 6.11. The van der Waals surface area contributed by atoms with Crippen LogP contribution in [0.4, 0.5) is 26.3 Å². The second-order valence-electron chi connectivity index (χ2n) is 6.11. The van der Waals surface area contributed by atoms with Crippen LogP contribution in [0.1, 0.15) is 35.4 Å². The molecule has 0 heterocycles. The predicted octanol–water partition coefficient (Wildman–Crippen LogP) is 5.96. The summed E-state index contributed by atoms with van der Waals surface area (Å²) in [6.45, 7) is 0. The van der Waals surface area contributed by atoms with E-state index in [1.807, 2.05) is 24.3 Å². The average Bonchev–Trinajstić information content (AvgIpc) is 2.89. The summed E-state index contributed by atoms with van der Waals surface area (Å²) in [5, 5.41) is 0. The first-order valence-corrected chi connectivity index (χ1v) is 7.29. The summed E-state index contributed by atoms with van der Waals surface area (Å²) in [6.07, 6.45) is -0.740. The van der Waals surface area contributed by atoms with Crippen molar-refractivity contribution in [1.29, 1.82) is 0 Å². The predicted molar refractivity (Wildman–Crippen MR) is 73.7 cm³/mol. The van der Waals surface area contributed by atoms with Crippen molar-refractivity contribution in [3.8, 4) is 0 Å². The second kappa shape index (κ2) is 5.42. The number of rotatable bonds is 1. The van der Waals surface area contributed by atoms with E-state index in [2.05, 4.69) is 0 Å². The van der Waals surface area contributed by atoms with E-state index in [-0.39, 0.29) is 29.4 Å². The molecule has 2 aliphatic rings. The normalized spacial score (nSPS) is 27.3. The van der Waals surface area contributed by atoms with E-state index in [1.54, 1.807) is 0 Å². The van der Waals surface area contributed by atoms with Crippen molar-refractivity contribution in [1.82, 2.24) is 0 Å². The first kappa shape index (κ1) is 16.1. The molecular formula is C17H14F6. The fourth-order valence-electron chi connectivity index (χ4n) is 3.45. The molecule has 1 fully saturated rings. The zero-order valence-electron chi connectivity index (χ0n) is 12.0. The van der Waals surface area contributed by atoms with Gasteiger partial charge >= 0.3 is 12.4 Å². The number of hydrogen-bond donors (Lipinski definition) is 0. The van der Waals surface area contributed by atoms with Crippen LogP contribution in [-0.4, -0.2) is 0 Å². The van der Waals surface area contributed by atoms with Gasteiger partial charge in [-0.1, -0.05) is 24.3 Å². The third-order valence-corrected chi connectivity index (χ3v) is 4.57. The Hall–Kier alpha value is -1.72. The van der Waals surface area contributed by atoms with Crippen LogP contribution >= 0.6 is 0 Å². The van der Waals surface area contributed by atoms with Crippen LogP contribution < -0.4 is 0 Å². The fraction of sp³-hybridized carbons (Fsp3) is 0.412. The van der Waals surface area contributed by atoms with Crippen molar-refractivity contribution in [2.75, 3.05) is 0 Å². The minimum atomic E-state index is -4.79. The van der Waals surface area contributed by atoms with Crippen molar-refractivity contribution < 1.29 is 26.3 Å². The molecule has 0 aromatic heterocycles. The van der Waals surface area contributed by atoms with Gasteiger partial charge in [-0.05, 0) is 54.4 Å². The van der Waals surface area contributed by atoms with E-state index < -0.39 is 23.5 Å². The molecule has 124 valence electrons. The molecule has 2 unspecified atom stereocenters. The molecule has 2 atom stereocenters. The van der Waals surface area contributed by atoms with Crippen molar-refractivity contribution >= 4 is 0 Å². The molecule has 0 saturated heterocycles. The first-order valence-electron chi connectivity index (χ1n) is 7.29. The van der Waals surface area contributed by atoms with Crippen molar-refractivity contribution in [2.45, 2.75) is 31.1 Å². The number of benzene rings is 1. The van der Waals surface area contributed by atoms with Crippen LogP contribution in [-0.2, 0) is 12.4 Å². The van der Waals surface area contributed by atoms with Crippen molar-refractivity contribution in [3.05, 3.63) is 59.2 Å². The summed E-state index contributed by atoms with van der Waals surface area (Å²) in [7, 11) is 0. The lowest BCUT2D eigenvalue weighted by molar-refractivity contribution is -0.143. The fourth-order valence-corrected chi connectivity index (χ4v) is 3.45. The summed E-state index contributed by atoms with van der Waals surface area (Å²) in [6, 6.07) is 1.92. The zero-order valence-corrected chi connectivity index (χ0v) is 12.0. The van der Waals surface area contributed by atoms with E-state index in [0.717, 1.165) is 12.1 Å². The highest BCUT2D eigenvalue weighted by Crippen LogP contribution is 2.47. The SMILES string of the molecule is FC(F)(F)c1cc(C2CC3C=CC=CC3C2)cc(C(F)(F)F)c1. The molecule has 1 saturated carbocycles. The van der Waals surface area contributed by atoms with Crippen LogP contribution in [0.2, 0.25) is 0 Å². The molecule has 6 heteroatoms. The highest BCUT2D eigenvalue weighted by atomic mass is 19.4. The summed E-state index contributed by atoms with van der Waals surface area (Å²) in [5.74, 6) is 0.0866. The Kier molecular flexibility index (Phi) is 3.81. The van der Waals surface area contributed by atoms with E-state index in [1.165, 1.54) is 0 Å². The Morgan fingerprint density at radius 1 is 0.696 bits per heavy atom. The Morgan fingerprint density at radius 2 is 1.13 bits per heavy atom. The monoisotopic (exact) mass is 332 g/mol. The van der Waals surface area contributed by atoms with Crippen LogP contribution in [0.25, 0.3) is 0 Å². The van der Waals surface area contributed by atoms with Gasteiger partial charge in [0.1, 0.15) is 0 Å². The highest BCUT2D eigenvalue weighted by molar-refractivity contribution is 5.37. The molecule has 0 aliphatic heterocycles. The van der Waals surface area contributed by atoms with Gasteiger partial charge in [-0.2, -0.15) is 26.3 Å². The molecule has 1 aromatic carbocycles. The molecule has 2 aliphatic carbocycles. The van der Waals surface area contributed by atoms with Crippen LogP contribution in [0, 0.1) is 11.8 Å². The number of fused-ring (bicyclic) bond motifs is 1. The van der Waals surface area contributed by atoms with Crippen LogP contribution in [0.3, 0.4) is 0 Å². The third-order valence-electron chi connectivity index (χ3n) is 4.57. The number of hydrogen-bond acceptors (Lipinski definition) is 0. The molecule has 23 heavy (non-hydrogen) atoms. The van der Waals surface area contributed by atoms with Gasteiger partial charge in [0.05, 0.1) is 11.1 Å². The topological polar surface area (TPSA) is 0 Å². The van der Waals surface area contributed by atoms with Gasteiger partial charge < -0.3 is 0 Å². The quantitative estimate of drug-likeness (QED) is 0.557. The van der Waals surface area contributed by atoms with Gasteiger partial charge in [-0.15, -0.1) is 0 Å². The Labute approximate surface area is 129 Å². The molecule has 0 bridgehead atoms. The van der Waals surface area contributed by atoms with Gasteiger partial charge in [0, 0.05) is 0 Å². The maximum absolute atomic E-state index is 12.9.